The van der Waals surface area contributed by atoms with Gasteiger partial charge in [0.2, 0.25) is 5.91 Å². The maximum absolute atomic E-state index is 12.4. The zero-order chi connectivity index (χ0) is 17.7. The van der Waals surface area contributed by atoms with Crippen LogP contribution in [-0.2, 0) is 11.3 Å². The summed E-state index contributed by atoms with van der Waals surface area (Å²) in [7, 11) is 1.89. The van der Waals surface area contributed by atoms with Crippen molar-refractivity contribution in [2.75, 3.05) is 26.7 Å². The molecular formula is C20H24N2O3. The quantitative estimate of drug-likeness (QED) is 0.788. The van der Waals surface area contributed by atoms with E-state index < -0.39 is 0 Å². The van der Waals surface area contributed by atoms with Crippen molar-refractivity contribution < 1.29 is 9.21 Å². The summed E-state index contributed by atoms with van der Waals surface area (Å²) in [5.41, 5.74) is 3.52. The molecule has 2 saturated heterocycles. The molecule has 2 atom stereocenters. The van der Waals surface area contributed by atoms with Gasteiger partial charge in [0.25, 0.3) is 0 Å². The Morgan fingerprint density at radius 2 is 1.96 bits per heavy atom. The first-order valence-corrected chi connectivity index (χ1v) is 8.93. The normalized spacial score (nSPS) is 24.1. The molecule has 0 N–H and O–H groups in total. The van der Waals surface area contributed by atoms with Gasteiger partial charge in [-0.15, -0.1) is 0 Å². The molecule has 0 aliphatic carbocycles. The van der Waals surface area contributed by atoms with E-state index in [0.717, 1.165) is 48.1 Å². The molecule has 0 unspecified atom stereocenters. The summed E-state index contributed by atoms with van der Waals surface area (Å²) >= 11 is 0. The highest BCUT2D eigenvalue weighted by Gasteiger charge is 2.41. The second kappa shape index (κ2) is 5.99. The fraction of sp³-hybridized carbons (Fsp3) is 0.500. The molecule has 4 rings (SSSR count). The van der Waals surface area contributed by atoms with Crippen LogP contribution in [0.1, 0.15) is 23.1 Å². The Balaban J connectivity index is 1.66. The number of hydrogen-bond donors (Lipinski definition) is 0. The molecule has 1 aromatic heterocycles. The van der Waals surface area contributed by atoms with Crippen LogP contribution in [0.5, 0.6) is 0 Å². The van der Waals surface area contributed by atoms with Crippen LogP contribution in [0.25, 0.3) is 11.0 Å². The average molecular weight is 340 g/mol. The Morgan fingerprint density at radius 1 is 1.16 bits per heavy atom. The summed E-state index contributed by atoms with van der Waals surface area (Å²) in [6.07, 6.45) is 1.07. The highest BCUT2D eigenvalue weighted by atomic mass is 16.4. The third kappa shape index (κ3) is 2.86. The predicted octanol–water partition coefficient (Wildman–Crippen LogP) is 2.32. The van der Waals surface area contributed by atoms with Crippen LogP contribution in [0.4, 0.5) is 0 Å². The molecule has 25 heavy (non-hydrogen) atoms. The fourth-order valence-electron chi connectivity index (χ4n) is 4.46. The Kier molecular flexibility index (Phi) is 3.91. The molecule has 5 nitrogen and oxygen atoms in total. The van der Waals surface area contributed by atoms with Gasteiger partial charge in [-0.2, -0.15) is 0 Å². The lowest BCUT2D eigenvalue weighted by Gasteiger charge is -2.30. The lowest BCUT2D eigenvalue weighted by Crippen LogP contribution is -2.42. The molecule has 2 aliphatic heterocycles. The fourth-order valence-corrected chi connectivity index (χ4v) is 4.46. The van der Waals surface area contributed by atoms with Crippen molar-refractivity contribution in [3.63, 3.8) is 0 Å². The number of nitrogens with zero attached hydrogens (tertiary/aromatic N) is 2. The molecule has 0 saturated carbocycles. The largest absolute Gasteiger partial charge is 0.422 e. The second-order valence-electron chi connectivity index (χ2n) is 7.66. The molecule has 1 aromatic carbocycles. The first kappa shape index (κ1) is 16.3. The maximum Gasteiger partial charge on any atom is 0.336 e. The smallest absolute Gasteiger partial charge is 0.336 e. The maximum atomic E-state index is 12.4. The van der Waals surface area contributed by atoms with Gasteiger partial charge >= 0.3 is 5.63 Å². The van der Waals surface area contributed by atoms with E-state index in [0.29, 0.717) is 18.0 Å². The molecule has 5 heteroatoms. The molecule has 3 heterocycles. The van der Waals surface area contributed by atoms with Crippen molar-refractivity contribution in [1.82, 2.24) is 9.80 Å². The molecule has 2 aromatic rings. The third-order valence-corrected chi connectivity index (χ3v) is 5.70. The number of carbonyl (C=O) groups excluding carboxylic acids is 1. The number of piperidine rings is 1. The third-order valence-electron chi connectivity index (χ3n) is 5.70. The molecule has 2 fully saturated rings. The van der Waals surface area contributed by atoms with E-state index in [1.807, 2.05) is 24.9 Å². The minimum atomic E-state index is -0.304. The van der Waals surface area contributed by atoms with Crippen LogP contribution < -0.4 is 5.63 Å². The van der Waals surface area contributed by atoms with Crippen LogP contribution in [0, 0.1) is 25.7 Å². The minimum Gasteiger partial charge on any atom is -0.422 e. The summed E-state index contributed by atoms with van der Waals surface area (Å²) in [5.74, 6) is 0.815. The van der Waals surface area contributed by atoms with Gasteiger partial charge in [-0.3, -0.25) is 9.69 Å². The highest BCUT2D eigenvalue weighted by Crippen LogP contribution is 2.33. The lowest BCUT2D eigenvalue weighted by molar-refractivity contribution is -0.137. The number of aryl methyl sites for hydroxylation is 2. The highest BCUT2D eigenvalue weighted by molar-refractivity contribution is 5.84. The number of rotatable bonds is 2. The minimum absolute atomic E-state index is 0.105. The number of carbonyl (C=O) groups is 1. The summed E-state index contributed by atoms with van der Waals surface area (Å²) in [5, 5.41) is 1.01. The first-order valence-electron chi connectivity index (χ1n) is 8.93. The van der Waals surface area contributed by atoms with Gasteiger partial charge in [-0.25, -0.2) is 4.79 Å². The van der Waals surface area contributed by atoms with E-state index in [2.05, 4.69) is 17.9 Å². The standard InChI is InChI=1S/C20H24N2O3/c1-12-6-13(2)19-16(7-12)15(8-18(23)25-19)10-22-9-14-4-5-21(3)20(24)17(14)11-22/h6-8,14,17H,4-5,9-11H2,1-3H3/t14-,17+/m1/s1. The van der Waals surface area contributed by atoms with E-state index in [1.54, 1.807) is 6.07 Å². The topological polar surface area (TPSA) is 53.8 Å². The van der Waals surface area contributed by atoms with Crippen molar-refractivity contribution in [3.05, 3.63) is 45.3 Å². The first-order chi connectivity index (χ1) is 11.9. The summed E-state index contributed by atoms with van der Waals surface area (Å²) in [4.78, 5) is 28.6. The average Bonchev–Trinajstić information content (AvgIpc) is 2.96. The van der Waals surface area contributed by atoms with E-state index in [4.69, 9.17) is 4.42 Å². The number of benzene rings is 1. The van der Waals surface area contributed by atoms with Crippen molar-refractivity contribution in [2.24, 2.45) is 11.8 Å². The zero-order valence-electron chi connectivity index (χ0n) is 15.0. The molecule has 2 aliphatic rings. The van der Waals surface area contributed by atoms with Gasteiger partial charge in [-0.05, 0) is 48.9 Å². The van der Waals surface area contributed by atoms with Crippen LogP contribution in [0.3, 0.4) is 0 Å². The summed E-state index contributed by atoms with van der Waals surface area (Å²) in [6.45, 7) is 7.28. The number of hydrogen-bond acceptors (Lipinski definition) is 4. The monoisotopic (exact) mass is 340 g/mol. The Labute approximate surface area is 147 Å². The SMILES string of the molecule is Cc1cc(C)c2oc(=O)cc(CN3C[C@H]4CCN(C)C(=O)[C@H]4C3)c2c1. The van der Waals surface area contributed by atoms with Crippen molar-refractivity contribution in [2.45, 2.75) is 26.8 Å². The van der Waals surface area contributed by atoms with Crippen LogP contribution in [0.2, 0.25) is 0 Å². The molecule has 132 valence electrons. The van der Waals surface area contributed by atoms with Crippen molar-refractivity contribution in [1.29, 1.82) is 0 Å². The van der Waals surface area contributed by atoms with Gasteiger partial charge in [0.1, 0.15) is 5.58 Å². The zero-order valence-corrected chi connectivity index (χ0v) is 15.0. The van der Waals surface area contributed by atoms with Gasteiger partial charge in [0, 0.05) is 44.7 Å². The number of fused-ring (bicyclic) bond motifs is 2. The summed E-state index contributed by atoms with van der Waals surface area (Å²) in [6, 6.07) is 5.73. The van der Waals surface area contributed by atoms with Gasteiger partial charge in [-0.1, -0.05) is 6.07 Å². The molecule has 0 radical (unpaired) electrons. The molecule has 1 amide bonds. The van der Waals surface area contributed by atoms with Crippen LogP contribution >= 0.6 is 0 Å². The van der Waals surface area contributed by atoms with Crippen LogP contribution in [-0.4, -0.2) is 42.4 Å². The van der Waals surface area contributed by atoms with Crippen molar-refractivity contribution >= 4 is 16.9 Å². The van der Waals surface area contributed by atoms with Crippen molar-refractivity contribution in [3.8, 4) is 0 Å². The van der Waals surface area contributed by atoms with E-state index >= 15 is 0 Å². The van der Waals surface area contributed by atoms with E-state index in [1.165, 1.54) is 0 Å². The predicted molar refractivity (Wildman–Crippen MR) is 96.5 cm³/mol. The molecule has 0 spiro atoms. The summed E-state index contributed by atoms with van der Waals surface area (Å²) < 4.78 is 5.44. The Bertz CT molecular complexity index is 902. The van der Waals surface area contributed by atoms with Gasteiger partial charge in [0.15, 0.2) is 0 Å². The second-order valence-corrected chi connectivity index (χ2v) is 7.66. The van der Waals surface area contributed by atoms with E-state index in [-0.39, 0.29) is 17.5 Å². The Hall–Kier alpha value is -2.14. The van der Waals surface area contributed by atoms with Gasteiger partial charge in [0.05, 0.1) is 5.92 Å². The van der Waals surface area contributed by atoms with Crippen LogP contribution in [0.15, 0.2) is 27.4 Å². The lowest BCUT2D eigenvalue weighted by atomic mass is 9.88. The molecule has 0 bridgehead atoms. The number of amides is 1. The van der Waals surface area contributed by atoms with Gasteiger partial charge < -0.3 is 9.32 Å². The van der Waals surface area contributed by atoms with E-state index in [9.17, 15) is 9.59 Å². The Morgan fingerprint density at radius 3 is 2.76 bits per heavy atom. The number of likely N-dealkylation sites (tertiary alicyclic amines) is 2. The molecular weight excluding hydrogens is 316 g/mol.